The van der Waals surface area contributed by atoms with E-state index in [0.717, 1.165) is 11.3 Å². The molecule has 1 unspecified atom stereocenters. The van der Waals surface area contributed by atoms with Crippen LogP contribution in [0.2, 0.25) is 10.0 Å². The van der Waals surface area contributed by atoms with Crippen molar-refractivity contribution >= 4 is 38.9 Å². The summed E-state index contributed by atoms with van der Waals surface area (Å²) in [6, 6.07) is 10.7. The lowest BCUT2D eigenvalue weighted by atomic mass is 10.1. The van der Waals surface area contributed by atoms with E-state index in [1.54, 1.807) is 35.4 Å². The first-order chi connectivity index (χ1) is 12.3. The Balaban J connectivity index is 1.83. The number of carbonyl (C=O) groups is 1. The van der Waals surface area contributed by atoms with E-state index in [9.17, 15) is 13.2 Å². The van der Waals surface area contributed by atoms with E-state index in [1.165, 1.54) is 0 Å². The lowest BCUT2D eigenvalue weighted by Crippen LogP contribution is -2.36. The quantitative estimate of drug-likeness (QED) is 0.754. The minimum Gasteiger partial charge on any atom is -0.332 e. The number of rotatable bonds is 5. The van der Waals surface area contributed by atoms with Gasteiger partial charge in [-0.15, -0.1) is 0 Å². The van der Waals surface area contributed by atoms with Crippen molar-refractivity contribution in [2.24, 2.45) is 5.92 Å². The Kier molecular flexibility index (Phi) is 5.85. The molecule has 0 spiro atoms. The molecule has 1 fully saturated rings. The highest BCUT2D eigenvalue weighted by Gasteiger charge is 2.35. The normalized spacial score (nSPS) is 18.6. The lowest BCUT2D eigenvalue weighted by molar-refractivity contribution is -0.136. The first-order valence-corrected chi connectivity index (χ1v) is 10.7. The summed E-state index contributed by atoms with van der Waals surface area (Å²) in [7, 11) is -3.13. The Hall–Kier alpha value is -1.63. The minimum atomic E-state index is -3.13. The number of nitrogens with zero attached hydrogens (tertiary/aromatic N) is 2. The van der Waals surface area contributed by atoms with E-state index >= 15 is 0 Å². The third-order valence-corrected chi connectivity index (χ3v) is 6.84. The number of hydrogen-bond acceptors (Lipinski definition) is 4. The molecule has 138 valence electrons. The second kappa shape index (κ2) is 7.94. The van der Waals surface area contributed by atoms with E-state index in [4.69, 9.17) is 23.2 Å². The van der Waals surface area contributed by atoms with Gasteiger partial charge in [0, 0.05) is 12.7 Å². The third kappa shape index (κ3) is 4.75. The molecule has 3 rings (SSSR count). The standard InChI is InChI=1S/C18H18Cl2N2O3S/c19-16-5-4-13(9-17(16)20)10-22(11-15-3-1-2-7-21-15)18(23)14-6-8-26(24,25)12-14/h1-5,7,9,14H,6,8,10-12H2. The molecule has 1 amide bonds. The molecule has 8 heteroatoms. The highest BCUT2D eigenvalue weighted by atomic mass is 35.5. The van der Waals surface area contributed by atoms with Crippen LogP contribution in [-0.2, 0) is 27.7 Å². The van der Waals surface area contributed by atoms with Gasteiger partial charge in [-0.2, -0.15) is 0 Å². The maximum absolute atomic E-state index is 13.0. The fourth-order valence-corrected chi connectivity index (χ4v) is 5.06. The van der Waals surface area contributed by atoms with Crippen LogP contribution in [-0.4, -0.2) is 35.7 Å². The minimum absolute atomic E-state index is 0.0631. The van der Waals surface area contributed by atoms with Crippen LogP contribution in [0, 0.1) is 5.92 Å². The van der Waals surface area contributed by atoms with E-state index in [-0.39, 0.29) is 17.4 Å². The predicted octanol–water partition coefficient (Wildman–Crippen LogP) is 3.35. The molecule has 1 aromatic carbocycles. The second-order valence-corrected chi connectivity index (χ2v) is 9.41. The summed E-state index contributed by atoms with van der Waals surface area (Å²) in [5.74, 6) is -0.714. The molecule has 1 aliphatic heterocycles. The lowest BCUT2D eigenvalue weighted by Gasteiger charge is -2.25. The Morgan fingerprint density at radius 3 is 2.58 bits per heavy atom. The van der Waals surface area contributed by atoms with Crippen LogP contribution in [0.15, 0.2) is 42.6 Å². The van der Waals surface area contributed by atoms with Gasteiger partial charge < -0.3 is 4.90 Å². The molecule has 2 heterocycles. The topological polar surface area (TPSA) is 67.3 Å². The molecule has 1 atom stereocenters. The largest absolute Gasteiger partial charge is 0.332 e. The van der Waals surface area contributed by atoms with Crippen LogP contribution < -0.4 is 0 Å². The zero-order chi connectivity index (χ0) is 18.7. The highest BCUT2D eigenvalue weighted by molar-refractivity contribution is 7.91. The van der Waals surface area contributed by atoms with Crippen molar-refractivity contribution in [2.45, 2.75) is 19.5 Å². The van der Waals surface area contributed by atoms with E-state index < -0.39 is 15.8 Å². The number of hydrogen-bond donors (Lipinski definition) is 0. The number of amides is 1. The molecule has 0 saturated carbocycles. The summed E-state index contributed by atoms with van der Waals surface area (Å²) >= 11 is 12.0. The monoisotopic (exact) mass is 412 g/mol. The first kappa shape index (κ1) is 19.1. The number of benzene rings is 1. The van der Waals surface area contributed by atoms with Crippen molar-refractivity contribution in [3.8, 4) is 0 Å². The molecule has 0 radical (unpaired) electrons. The molecule has 0 N–H and O–H groups in total. The van der Waals surface area contributed by atoms with Gasteiger partial charge in [0.15, 0.2) is 9.84 Å². The maximum Gasteiger partial charge on any atom is 0.227 e. The molecule has 1 aliphatic rings. The van der Waals surface area contributed by atoms with E-state index in [2.05, 4.69) is 4.98 Å². The van der Waals surface area contributed by atoms with Crippen LogP contribution in [0.1, 0.15) is 17.7 Å². The average Bonchev–Trinajstić information content (AvgIpc) is 2.98. The van der Waals surface area contributed by atoms with Crippen LogP contribution in [0.3, 0.4) is 0 Å². The molecule has 1 aromatic heterocycles. The van der Waals surface area contributed by atoms with Crippen LogP contribution in [0.25, 0.3) is 0 Å². The second-order valence-electron chi connectivity index (χ2n) is 6.36. The molecule has 0 aliphatic carbocycles. The van der Waals surface area contributed by atoms with Gasteiger partial charge in [0.05, 0.1) is 39.7 Å². The fourth-order valence-electron chi connectivity index (χ4n) is 3.01. The zero-order valence-corrected chi connectivity index (χ0v) is 16.3. The van der Waals surface area contributed by atoms with Crippen molar-refractivity contribution in [1.29, 1.82) is 0 Å². The third-order valence-electron chi connectivity index (χ3n) is 4.33. The number of aromatic nitrogens is 1. The average molecular weight is 413 g/mol. The fraction of sp³-hybridized carbons (Fsp3) is 0.333. The molecule has 26 heavy (non-hydrogen) atoms. The SMILES string of the molecule is O=C(C1CCS(=O)(=O)C1)N(Cc1ccc(Cl)c(Cl)c1)Cc1ccccn1. The van der Waals surface area contributed by atoms with Crippen LogP contribution in [0.5, 0.6) is 0 Å². The van der Waals surface area contributed by atoms with Gasteiger partial charge in [-0.3, -0.25) is 9.78 Å². The Morgan fingerprint density at radius 2 is 1.96 bits per heavy atom. The molecule has 0 bridgehead atoms. The smallest absolute Gasteiger partial charge is 0.227 e. The summed E-state index contributed by atoms with van der Waals surface area (Å²) < 4.78 is 23.5. The number of pyridine rings is 1. The first-order valence-electron chi connectivity index (χ1n) is 8.17. The van der Waals surface area contributed by atoms with Crippen molar-refractivity contribution in [1.82, 2.24) is 9.88 Å². The molecule has 2 aromatic rings. The Bertz CT molecular complexity index is 904. The van der Waals surface area contributed by atoms with Gasteiger partial charge in [-0.25, -0.2) is 8.42 Å². The van der Waals surface area contributed by atoms with E-state index in [0.29, 0.717) is 29.6 Å². The highest BCUT2D eigenvalue weighted by Crippen LogP contribution is 2.26. The summed E-state index contributed by atoms with van der Waals surface area (Å²) in [5.41, 5.74) is 1.56. The summed E-state index contributed by atoms with van der Waals surface area (Å²) in [5, 5.41) is 0.859. The zero-order valence-electron chi connectivity index (χ0n) is 13.9. The summed E-state index contributed by atoms with van der Waals surface area (Å²) in [6.45, 7) is 0.610. The predicted molar refractivity (Wildman–Crippen MR) is 102 cm³/mol. The van der Waals surface area contributed by atoms with Gasteiger partial charge in [0.1, 0.15) is 0 Å². The van der Waals surface area contributed by atoms with Crippen molar-refractivity contribution in [2.75, 3.05) is 11.5 Å². The van der Waals surface area contributed by atoms with Gasteiger partial charge in [-0.1, -0.05) is 35.3 Å². The van der Waals surface area contributed by atoms with Crippen LogP contribution in [0.4, 0.5) is 0 Å². The van der Waals surface area contributed by atoms with Gasteiger partial charge >= 0.3 is 0 Å². The Morgan fingerprint density at radius 1 is 1.15 bits per heavy atom. The number of halogens is 2. The molecule has 1 saturated heterocycles. The Labute approximate surface area is 162 Å². The van der Waals surface area contributed by atoms with Gasteiger partial charge in [0.2, 0.25) is 5.91 Å². The van der Waals surface area contributed by atoms with E-state index in [1.807, 2.05) is 12.1 Å². The van der Waals surface area contributed by atoms with Gasteiger partial charge in [-0.05, 0) is 36.2 Å². The van der Waals surface area contributed by atoms with Crippen LogP contribution >= 0.6 is 23.2 Å². The van der Waals surface area contributed by atoms with Gasteiger partial charge in [0.25, 0.3) is 0 Å². The summed E-state index contributed by atoms with van der Waals surface area (Å²) in [4.78, 5) is 18.9. The van der Waals surface area contributed by atoms with Crippen molar-refractivity contribution < 1.29 is 13.2 Å². The summed E-state index contributed by atoms with van der Waals surface area (Å²) in [6.07, 6.45) is 2.03. The maximum atomic E-state index is 13.0. The molecular weight excluding hydrogens is 395 g/mol. The van der Waals surface area contributed by atoms with Crippen molar-refractivity contribution in [3.05, 3.63) is 63.9 Å². The molecular formula is C18H18Cl2N2O3S. The number of carbonyl (C=O) groups excluding carboxylic acids is 1. The number of sulfone groups is 1. The molecule has 5 nitrogen and oxygen atoms in total. The van der Waals surface area contributed by atoms with Crippen molar-refractivity contribution in [3.63, 3.8) is 0 Å².